The van der Waals surface area contributed by atoms with Gasteiger partial charge in [0.15, 0.2) is 0 Å². The van der Waals surface area contributed by atoms with Crippen molar-refractivity contribution in [3.63, 3.8) is 0 Å². The molecule has 2 aromatic carbocycles. The Morgan fingerprint density at radius 3 is 2.11 bits per heavy atom. The van der Waals surface area contributed by atoms with Gasteiger partial charge >= 0.3 is 0 Å². The fraction of sp³-hybridized carbons (Fsp3) is 0.350. The van der Waals surface area contributed by atoms with Gasteiger partial charge in [-0.1, -0.05) is 36.4 Å². The first-order chi connectivity index (χ1) is 13.1. The van der Waals surface area contributed by atoms with E-state index in [0.29, 0.717) is 43.2 Å². The first kappa shape index (κ1) is 19.5. The van der Waals surface area contributed by atoms with Crippen LogP contribution < -0.4 is 5.32 Å². The Kier molecular flexibility index (Phi) is 6.60. The van der Waals surface area contributed by atoms with Crippen LogP contribution in [-0.4, -0.2) is 62.8 Å². The molecule has 0 aliphatic carbocycles. The molecule has 0 saturated carbocycles. The third-order valence-electron chi connectivity index (χ3n) is 4.68. The lowest BCUT2D eigenvalue weighted by molar-refractivity contribution is 0.0950. The van der Waals surface area contributed by atoms with Crippen LogP contribution in [0.2, 0.25) is 0 Å². The fourth-order valence-electron chi connectivity index (χ4n) is 3.13. The van der Waals surface area contributed by atoms with Crippen LogP contribution in [0.4, 0.5) is 0 Å². The molecule has 1 aliphatic heterocycles. The molecule has 144 valence electrons. The Bertz CT molecular complexity index is 833. The summed E-state index contributed by atoms with van der Waals surface area (Å²) in [4.78, 5) is 14.6. The Labute approximate surface area is 160 Å². The molecule has 1 heterocycles. The highest BCUT2D eigenvalue weighted by atomic mass is 32.2. The second-order valence-corrected chi connectivity index (χ2v) is 8.47. The van der Waals surface area contributed by atoms with Crippen LogP contribution in [0, 0.1) is 0 Å². The molecule has 0 unspecified atom stereocenters. The van der Waals surface area contributed by atoms with Gasteiger partial charge in [-0.15, -0.1) is 0 Å². The van der Waals surface area contributed by atoms with Crippen molar-refractivity contribution in [1.82, 2.24) is 14.5 Å². The van der Waals surface area contributed by atoms with Crippen molar-refractivity contribution >= 4 is 15.9 Å². The lowest BCUT2D eigenvalue weighted by Crippen LogP contribution is -2.49. The molecule has 7 heteroatoms. The monoisotopic (exact) mass is 387 g/mol. The Morgan fingerprint density at radius 1 is 0.889 bits per heavy atom. The number of hydrogen-bond donors (Lipinski definition) is 1. The van der Waals surface area contributed by atoms with Crippen molar-refractivity contribution < 1.29 is 13.2 Å². The molecule has 0 spiro atoms. The third kappa shape index (κ3) is 5.15. The second-order valence-electron chi connectivity index (χ2n) is 6.53. The van der Waals surface area contributed by atoms with E-state index in [0.717, 1.165) is 13.0 Å². The Hall–Kier alpha value is -2.22. The number of sulfonamides is 1. The number of nitrogens with zero attached hydrogens (tertiary/aromatic N) is 2. The summed E-state index contributed by atoms with van der Waals surface area (Å²) < 4.78 is 26.8. The maximum absolute atomic E-state index is 12.6. The molecule has 0 radical (unpaired) electrons. The van der Waals surface area contributed by atoms with E-state index >= 15 is 0 Å². The molecule has 0 atom stereocenters. The second kappa shape index (κ2) is 9.12. The van der Waals surface area contributed by atoms with Crippen LogP contribution in [-0.2, 0) is 10.0 Å². The van der Waals surface area contributed by atoms with E-state index in [9.17, 15) is 13.2 Å². The van der Waals surface area contributed by atoms with Crippen molar-refractivity contribution in [1.29, 1.82) is 0 Å². The van der Waals surface area contributed by atoms with Gasteiger partial charge < -0.3 is 10.2 Å². The summed E-state index contributed by atoms with van der Waals surface area (Å²) in [7, 11) is -3.40. The lowest BCUT2D eigenvalue weighted by atomic mass is 10.2. The minimum atomic E-state index is -3.40. The van der Waals surface area contributed by atoms with Crippen LogP contribution in [0.5, 0.6) is 0 Å². The van der Waals surface area contributed by atoms with Crippen molar-refractivity contribution in [2.24, 2.45) is 0 Å². The van der Waals surface area contributed by atoms with E-state index in [1.165, 1.54) is 0 Å². The minimum Gasteiger partial charge on any atom is -0.352 e. The van der Waals surface area contributed by atoms with Crippen LogP contribution in [0.1, 0.15) is 16.8 Å². The molecule has 1 aliphatic rings. The van der Waals surface area contributed by atoms with Crippen molar-refractivity contribution in [2.75, 3.05) is 39.3 Å². The summed E-state index contributed by atoms with van der Waals surface area (Å²) in [6.07, 6.45) is 0.837. The van der Waals surface area contributed by atoms with Crippen LogP contribution in [0.3, 0.4) is 0 Å². The highest BCUT2D eigenvalue weighted by Crippen LogP contribution is 2.17. The predicted molar refractivity (Wildman–Crippen MR) is 105 cm³/mol. The molecule has 6 nitrogen and oxygen atoms in total. The maximum Gasteiger partial charge on any atom is 0.251 e. The number of carbonyl (C=O) groups excluding carboxylic acids is 1. The SMILES string of the molecule is O=C(NCCCN1CCN(S(=O)(=O)c2ccccc2)CC1)c1ccccc1. The zero-order valence-corrected chi connectivity index (χ0v) is 16.1. The lowest BCUT2D eigenvalue weighted by Gasteiger charge is -2.34. The summed E-state index contributed by atoms with van der Waals surface area (Å²) in [6.45, 7) is 3.85. The number of amides is 1. The molecule has 1 N–H and O–H groups in total. The van der Waals surface area contributed by atoms with Gasteiger partial charge in [-0.3, -0.25) is 4.79 Å². The molecule has 2 aromatic rings. The van der Waals surface area contributed by atoms with Crippen LogP contribution in [0.25, 0.3) is 0 Å². The first-order valence-electron chi connectivity index (χ1n) is 9.18. The molecule has 3 rings (SSSR count). The highest BCUT2D eigenvalue weighted by Gasteiger charge is 2.27. The number of carbonyl (C=O) groups is 1. The van der Waals surface area contributed by atoms with Gasteiger partial charge in [-0.25, -0.2) is 8.42 Å². The number of nitrogens with one attached hydrogen (secondary N) is 1. The van der Waals surface area contributed by atoms with Crippen molar-refractivity contribution in [3.05, 3.63) is 66.2 Å². The first-order valence-corrected chi connectivity index (χ1v) is 10.6. The molecule has 27 heavy (non-hydrogen) atoms. The smallest absolute Gasteiger partial charge is 0.251 e. The minimum absolute atomic E-state index is 0.0608. The van der Waals surface area contributed by atoms with Crippen molar-refractivity contribution in [3.8, 4) is 0 Å². The highest BCUT2D eigenvalue weighted by molar-refractivity contribution is 7.89. The largest absolute Gasteiger partial charge is 0.352 e. The number of benzene rings is 2. The summed E-state index contributed by atoms with van der Waals surface area (Å²) in [5.74, 6) is -0.0608. The van der Waals surface area contributed by atoms with E-state index in [1.54, 1.807) is 40.7 Å². The molecule has 1 amide bonds. The standard InChI is InChI=1S/C20H25N3O3S/c24-20(18-8-3-1-4-9-18)21-12-7-13-22-14-16-23(17-15-22)27(25,26)19-10-5-2-6-11-19/h1-6,8-11H,7,12-17H2,(H,21,24). The van der Waals surface area contributed by atoms with E-state index < -0.39 is 10.0 Å². The molecular weight excluding hydrogens is 362 g/mol. The van der Waals surface area contributed by atoms with Gasteiger partial charge in [0.05, 0.1) is 4.90 Å². The van der Waals surface area contributed by atoms with Gasteiger partial charge in [0.1, 0.15) is 0 Å². The quantitative estimate of drug-likeness (QED) is 0.736. The predicted octanol–water partition coefficient (Wildman–Crippen LogP) is 1.81. The number of piperazine rings is 1. The van der Waals surface area contributed by atoms with E-state index in [-0.39, 0.29) is 5.91 Å². The molecule has 0 aromatic heterocycles. The van der Waals surface area contributed by atoms with Crippen LogP contribution in [0.15, 0.2) is 65.6 Å². The Balaban J connectivity index is 1.39. The number of rotatable bonds is 7. The summed E-state index contributed by atoms with van der Waals surface area (Å²) in [6, 6.07) is 17.7. The Morgan fingerprint density at radius 2 is 1.48 bits per heavy atom. The summed E-state index contributed by atoms with van der Waals surface area (Å²) in [5.41, 5.74) is 0.664. The summed E-state index contributed by atoms with van der Waals surface area (Å²) >= 11 is 0. The average molecular weight is 388 g/mol. The molecule has 1 fully saturated rings. The van der Waals surface area contributed by atoms with Gasteiger partial charge in [0.2, 0.25) is 10.0 Å². The summed E-state index contributed by atoms with van der Waals surface area (Å²) in [5, 5.41) is 2.92. The average Bonchev–Trinajstić information content (AvgIpc) is 2.72. The molecule has 1 saturated heterocycles. The van der Waals surface area contributed by atoms with E-state index in [1.807, 2.05) is 24.3 Å². The topological polar surface area (TPSA) is 69.7 Å². The fourth-order valence-corrected chi connectivity index (χ4v) is 4.57. The van der Waals surface area contributed by atoms with Gasteiger partial charge in [-0.2, -0.15) is 4.31 Å². The zero-order chi connectivity index (χ0) is 19.1. The van der Waals surface area contributed by atoms with Gasteiger partial charge in [0, 0.05) is 38.3 Å². The van der Waals surface area contributed by atoms with Crippen molar-refractivity contribution in [2.45, 2.75) is 11.3 Å². The maximum atomic E-state index is 12.6. The normalized spacial score (nSPS) is 16.1. The van der Waals surface area contributed by atoms with Gasteiger partial charge in [0.25, 0.3) is 5.91 Å². The molecule has 0 bridgehead atoms. The molecular formula is C20H25N3O3S. The van der Waals surface area contributed by atoms with Crippen LogP contribution >= 0.6 is 0 Å². The number of hydrogen-bond acceptors (Lipinski definition) is 4. The van der Waals surface area contributed by atoms with E-state index in [4.69, 9.17) is 0 Å². The van der Waals surface area contributed by atoms with E-state index in [2.05, 4.69) is 10.2 Å². The van der Waals surface area contributed by atoms with Gasteiger partial charge in [-0.05, 0) is 37.2 Å². The third-order valence-corrected chi connectivity index (χ3v) is 6.60. The zero-order valence-electron chi connectivity index (χ0n) is 15.3.